The van der Waals surface area contributed by atoms with Gasteiger partial charge >= 0.3 is 13.1 Å². The smallest absolute Gasteiger partial charge is 0.526 e. The number of rotatable bonds is 8. The molecule has 0 saturated carbocycles. The van der Waals surface area contributed by atoms with Gasteiger partial charge in [0.2, 0.25) is 0 Å². The van der Waals surface area contributed by atoms with Crippen molar-refractivity contribution in [3.05, 3.63) is 64.7 Å². The topological polar surface area (TPSA) is 104 Å². The van der Waals surface area contributed by atoms with Crippen LogP contribution < -0.4 is 4.65 Å². The van der Waals surface area contributed by atoms with Crippen LogP contribution in [-0.4, -0.2) is 40.7 Å². The van der Waals surface area contributed by atoms with Gasteiger partial charge in [-0.2, -0.15) is 0 Å². The predicted molar refractivity (Wildman–Crippen MR) is 105 cm³/mol. The lowest BCUT2D eigenvalue weighted by Crippen LogP contribution is -2.35. The van der Waals surface area contributed by atoms with Crippen molar-refractivity contribution < 1.29 is 29.5 Å². The maximum atomic E-state index is 12.6. The summed E-state index contributed by atoms with van der Waals surface area (Å²) in [6.45, 7) is 0.180. The number of benzene rings is 2. The fourth-order valence-electron chi connectivity index (χ4n) is 3.48. The molecule has 7 heteroatoms. The van der Waals surface area contributed by atoms with Gasteiger partial charge in [-0.25, -0.2) is 4.79 Å². The third-order valence-electron chi connectivity index (χ3n) is 5.05. The first-order chi connectivity index (χ1) is 13.5. The molecule has 0 aliphatic carbocycles. The Morgan fingerprint density at radius 3 is 2.54 bits per heavy atom. The van der Waals surface area contributed by atoms with Crippen molar-refractivity contribution in [1.82, 2.24) is 0 Å². The molecule has 0 amide bonds. The molecule has 2 aromatic carbocycles. The molecule has 0 spiro atoms. The van der Waals surface area contributed by atoms with Crippen molar-refractivity contribution >= 4 is 18.9 Å². The van der Waals surface area contributed by atoms with Crippen LogP contribution in [0.2, 0.25) is 5.82 Å². The molecule has 0 aromatic heterocycles. The Kier molecular flexibility index (Phi) is 6.49. The van der Waals surface area contributed by atoms with Crippen LogP contribution in [0.1, 0.15) is 51.1 Å². The highest BCUT2D eigenvalue weighted by Crippen LogP contribution is 2.36. The molecule has 3 N–H and O–H groups in total. The summed E-state index contributed by atoms with van der Waals surface area (Å²) in [5, 5.41) is 28.4. The molecule has 1 aliphatic heterocycles. The SMILES string of the molecule is O=C(C[C@H]1Cc2cccc(C(=O)O)c2OB1O)c1ccc(CCCCO)cc1. The van der Waals surface area contributed by atoms with Crippen LogP contribution in [0.4, 0.5) is 0 Å². The van der Waals surface area contributed by atoms with Gasteiger partial charge in [-0.05, 0) is 42.9 Å². The van der Waals surface area contributed by atoms with E-state index in [9.17, 15) is 19.7 Å². The predicted octanol–water partition coefficient (Wildman–Crippen LogP) is 2.76. The van der Waals surface area contributed by atoms with Crippen molar-refractivity contribution in [2.45, 2.75) is 37.9 Å². The van der Waals surface area contributed by atoms with Gasteiger partial charge in [0.15, 0.2) is 5.78 Å². The summed E-state index contributed by atoms with van der Waals surface area (Å²) in [7, 11) is -1.23. The molecule has 6 nitrogen and oxygen atoms in total. The number of fused-ring (bicyclic) bond motifs is 1. The van der Waals surface area contributed by atoms with Gasteiger partial charge in [-0.15, -0.1) is 0 Å². The zero-order valence-electron chi connectivity index (χ0n) is 15.5. The number of Topliss-reactive ketones (excluding diaryl/α,β-unsaturated/α-hetero) is 1. The quantitative estimate of drug-likeness (QED) is 0.369. The maximum absolute atomic E-state index is 12.6. The van der Waals surface area contributed by atoms with Crippen LogP contribution in [-0.2, 0) is 12.8 Å². The molecule has 2 aromatic rings. The van der Waals surface area contributed by atoms with E-state index in [-0.39, 0.29) is 30.1 Å². The lowest BCUT2D eigenvalue weighted by atomic mass is 9.64. The first-order valence-corrected chi connectivity index (χ1v) is 9.42. The van der Waals surface area contributed by atoms with Gasteiger partial charge < -0.3 is 19.9 Å². The van der Waals surface area contributed by atoms with Crippen molar-refractivity contribution in [2.75, 3.05) is 6.61 Å². The zero-order valence-corrected chi connectivity index (χ0v) is 15.5. The minimum absolute atomic E-state index is 0.0121. The van der Waals surface area contributed by atoms with E-state index < -0.39 is 18.9 Å². The Morgan fingerprint density at radius 1 is 1.11 bits per heavy atom. The van der Waals surface area contributed by atoms with E-state index in [1.54, 1.807) is 24.3 Å². The van der Waals surface area contributed by atoms with Gasteiger partial charge in [0.05, 0.1) is 5.56 Å². The van der Waals surface area contributed by atoms with Crippen molar-refractivity contribution in [2.24, 2.45) is 0 Å². The number of aryl methyl sites for hydroxylation is 1. The van der Waals surface area contributed by atoms with Crippen LogP contribution in [0.15, 0.2) is 42.5 Å². The Bertz CT molecular complexity index is 848. The summed E-state index contributed by atoms with van der Waals surface area (Å²) in [6, 6.07) is 12.2. The largest absolute Gasteiger partial charge is 0.535 e. The van der Waals surface area contributed by atoms with E-state index in [1.807, 2.05) is 12.1 Å². The zero-order chi connectivity index (χ0) is 20.1. The highest BCUT2D eigenvalue weighted by atomic mass is 16.5. The Balaban J connectivity index is 1.66. The number of unbranched alkanes of at least 4 members (excludes halogenated alkanes) is 1. The third-order valence-corrected chi connectivity index (χ3v) is 5.05. The third kappa shape index (κ3) is 4.61. The van der Waals surface area contributed by atoms with E-state index >= 15 is 0 Å². The van der Waals surface area contributed by atoms with Gasteiger partial charge in [-0.1, -0.05) is 36.4 Å². The van der Waals surface area contributed by atoms with Crippen LogP contribution in [0.3, 0.4) is 0 Å². The van der Waals surface area contributed by atoms with Crippen LogP contribution in [0.25, 0.3) is 0 Å². The molecule has 0 bridgehead atoms. The second-order valence-corrected chi connectivity index (χ2v) is 7.08. The lowest BCUT2D eigenvalue weighted by Gasteiger charge is -2.28. The number of ketones is 1. The monoisotopic (exact) mass is 382 g/mol. The van der Waals surface area contributed by atoms with Crippen molar-refractivity contribution in [3.63, 3.8) is 0 Å². The number of hydrogen-bond donors (Lipinski definition) is 3. The van der Waals surface area contributed by atoms with Crippen molar-refractivity contribution in [1.29, 1.82) is 0 Å². The summed E-state index contributed by atoms with van der Waals surface area (Å²) in [5.74, 6) is -1.46. The number of carbonyl (C=O) groups excluding carboxylic acids is 1. The van der Waals surface area contributed by atoms with E-state index in [0.717, 1.165) is 24.8 Å². The fourth-order valence-corrected chi connectivity index (χ4v) is 3.48. The summed E-state index contributed by atoms with van der Waals surface area (Å²) < 4.78 is 5.45. The first-order valence-electron chi connectivity index (χ1n) is 9.42. The second-order valence-electron chi connectivity index (χ2n) is 7.08. The van der Waals surface area contributed by atoms with Gasteiger partial charge in [0, 0.05) is 24.4 Å². The first kappa shape index (κ1) is 20.1. The van der Waals surface area contributed by atoms with E-state index in [4.69, 9.17) is 9.76 Å². The number of carboxylic acid groups (broad SMARTS) is 1. The normalized spacial score (nSPS) is 15.6. The van der Waals surface area contributed by atoms with Crippen LogP contribution >= 0.6 is 0 Å². The minimum atomic E-state index is -1.23. The van der Waals surface area contributed by atoms with E-state index in [2.05, 4.69) is 0 Å². The number of para-hydroxylation sites is 1. The molecule has 1 heterocycles. The Hall–Kier alpha value is -2.64. The molecule has 1 aliphatic rings. The average molecular weight is 382 g/mol. The number of aromatic carboxylic acids is 1. The number of aliphatic hydroxyl groups excluding tert-OH is 1. The highest BCUT2D eigenvalue weighted by Gasteiger charge is 2.37. The van der Waals surface area contributed by atoms with Gasteiger partial charge in [0.1, 0.15) is 5.75 Å². The average Bonchev–Trinajstić information content (AvgIpc) is 2.68. The van der Waals surface area contributed by atoms with Crippen LogP contribution in [0, 0.1) is 0 Å². The van der Waals surface area contributed by atoms with E-state index in [0.29, 0.717) is 17.5 Å². The maximum Gasteiger partial charge on any atom is 0.526 e. The summed E-state index contributed by atoms with van der Waals surface area (Å²) in [5.41, 5.74) is 2.38. The summed E-state index contributed by atoms with van der Waals surface area (Å²) >= 11 is 0. The summed E-state index contributed by atoms with van der Waals surface area (Å²) in [4.78, 5) is 23.9. The molecule has 1 atom stereocenters. The summed E-state index contributed by atoms with van der Waals surface area (Å²) in [6.07, 6.45) is 3.00. The molecule has 3 rings (SSSR count). The van der Waals surface area contributed by atoms with Crippen molar-refractivity contribution in [3.8, 4) is 5.75 Å². The molecule has 0 fully saturated rings. The molecule has 146 valence electrons. The minimum Gasteiger partial charge on any atom is -0.535 e. The van der Waals surface area contributed by atoms with E-state index in [1.165, 1.54) is 6.07 Å². The number of hydrogen-bond acceptors (Lipinski definition) is 5. The molecule has 0 radical (unpaired) electrons. The Morgan fingerprint density at radius 2 is 1.86 bits per heavy atom. The lowest BCUT2D eigenvalue weighted by molar-refractivity contribution is 0.0693. The van der Waals surface area contributed by atoms with Gasteiger partial charge in [0.25, 0.3) is 0 Å². The Labute approximate surface area is 163 Å². The molecule has 28 heavy (non-hydrogen) atoms. The van der Waals surface area contributed by atoms with Crippen LogP contribution in [0.5, 0.6) is 5.75 Å². The molecular formula is C21H23BO6. The molecule has 0 unspecified atom stereocenters. The number of aliphatic hydroxyl groups is 1. The number of carbonyl (C=O) groups is 2. The standard InChI is InChI=1S/C21H23BO6/c23-11-2-1-4-14-7-9-15(10-8-14)19(24)13-17-12-16-5-3-6-18(21(25)26)20(16)28-22(17)27/h3,5-10,17,23,27H,1-2,4,11-13H2,(H,25,26)/t17-/m1/s1. The molecule has 0 saturated heterocycles. The molecular weight excluding hydrogens is 359 g/mol. The second kappa shape index (κ2) is 9.04. The van der Waals surface area contributed by atoms with Gasteiger partial charge in [-0.3, -0.25) is 4.79 Å². The number of carboxylic acids is 1. The fraction of sp³-hybridized carbons (Fsp3) is 0.333. The highest BCUT2D eigenvalue weighted by molar-refractivity contribution is 6.47.